The molecule has 5 nitrogen and oxygen atoms in total. The summed E-state index contributed by atoms with van der Waals surface area (Å²) in [6, 6.07) is 13.7. The van der Waals surface area contributed by atoms with E-state index in [4.69, 9.17) is 4.74 Å². The molecule has 128 valence electrons. The van der Waals surface area contributed by atoms with Crippen LogP contribution in [0.2, 0.25) is 0 Å². The lowest BCUT2D eigenvalue weighted by Crippen LogP contribution is -2.31. The van der Waals surface area contributed by atoms with Crippen molar-refractivity contribution in [2.24, 2.45) is 0 Å². The van der Waals surface area contributed by atoms with E-state index >= 15 is 0 Å². The lowest BCUT2D eigenvalue weighted by atomic mass is 10.1. The zero-order valence-electron chi connectivity index (χ0n) is 13.9. The summed E-state index contributed by atoms with van der Waals surface area (Å²) < 4.78 is 28.4. The Morgan fingerprint density at radius 2 is 1.75 bits per heavy atom. The first-order chi connectivity index (χ1) is 11.3. The molecule has 1 atom stereocenters. The van der Waals surface area contributed by atoms with Gasteiger partial charge in [0.25, 0.3) is 5.91 Å². The number of benzene rings is 2. The number of ether oxygens (including phenoxy) is 1. The van der Waals surface area contributed by atoms with Gasteiger partial charge < -0.3 is 10.1 Å². The van der Waals surface area contributed by atoms with Gasteiger partial charge in [0.15, 0.2) is 16.4 Å². The van der Waals surface area contributed by atoms with Crippen LogP contribution in [0, 0.1) is 6.92 Å². The highest BCUT2D eigenvalue weighted by atomic mass is 32.2. The zero-order chi connectivity index (χ0) is 17.7. The van der Waals surface area contributed by atoms with Gasteiger partial charge in [0, 0.05) is 6.26 Å². The molecule has 24 heavy (non-hydrogen) atoms. The third kappa shape index (κ3) is 4.83. The first-order valence-electron chi connectivity index (χ1n) is 7.55. The highest BCUT2D eigenvalue weighted by Crippen LogP contribution is 2.17. The average Bonchev–Trinajstić information content (AvgIpc) is 2.53. The molecule has 0 aliphatic carbocycles. The van der Waals surface area contributed by atoms with E-state index in [1.54, 1.807) is 12.1 Å². The molecule has 0 bridgehead atoms. The van der Waals surface area contributed by atoms with Gasteiger partial charge in [0.05, 0.1) is 10.9 Å². The molecule has 0 heterocycles. The minimum Gasteiger partial charge on any atom is -0.484 e. The number of nitrogens with one attached hydrogen (secondary N) is 1. The van der Waals surface area contributed by atoms with Crippen molar-refractivity contribution in [2.75, 3.05) is 12.9 Å². The molecular formula is C18H21NO4S. The fraction of sp³-hybridized carbons (Fsp3) is 0.278. The van der Waals surface area contributed by atoms with Crippen LogP contribution >= 0.6 is 0 Å². The maximum Gasteiger partial charge on any atom is 0.258 e. The molecule has 1 amide bonds. The first kappa shape index (κ1) is 18.0. The topological polar surface area (TPSA) is 72.5 Å². The first-order valence-corrected chi connectivity index (χ1v) is 9.44. The standard InChI is InChI=1S/C18H21NO4S/c1-13-6-4-5-7-17(13)23-12-18(20)19-14(2)15-8-10-16(11-9-15)24(3,21)22/h4-11,14H,12H2,1-3H3,(H,19,20)/t14-/m1/s1. The summed E-state index contributed by atoms with van der Waals surface area (Å²) in [7, 11) is -3.22. The van der Waals surface area contributed by atoms with Crippen LogP contribution in [0.15, 0.2) is 53.4 Å². The molecule has 0 fully saturated rings. The van der Waals surface area contributed by atoms with Crippen molar-refractivity contribution in [3.63, 3.8) is 0 Å². The van der Waals surface area contributed by atoms with Crippen molar-refractivity contribution in [1.29, 1.82) is 0 Å². The maximum atomic E-state index is 12.0. The van der Waals surface area contributed by atoms with Gasteiger partial charge in [-0.2, -0.15) is 0 Å². The third-order valence-electron chi connectivity index (χ3n) is 3.64. The molecule has 2 aromatic carbocycles. The second-order valence-electron chi connectivity index (χ2n) is 5.68. The van der Waals surface area contributed by atoms with Crippen LogP contribution < -0.4 is 10.1 Å². The van der Waals surface area contributed by atoms with Gasteiger partial charge in [0.1, 0.15) is 5.75 Å². The summed E-state index contributed by atoms with van der Waals surface area (Å²) in [4.78, 5) is 12.3. The van der Waals surface area contributed by atoms with Gasteiger partial charge in [-0.3, -0.25) is 4.79 Å². The van der Waals surface area contributed by atoms with Crippen molar-refractivity contribution in [3.05, 3.63) is 59.7 Å². The molecule has 1 N–H and O–H groups in total. The number of para-hydroxylation sites is 1. The Hall–Kier alpha value is -2.34. The van der Waals surface area contributed by atoms with Crippen LogP contribution in [0.4, 0.5) is 0 Å². The number of rotatable bonds is 6. The predicted molar refractivity (Wildman–Crippen MR) is 92.8 cm³/mol. The smallest absolute Gasteiger partial charge is 0.258 e. The highest BCUT2D eigenvalue weighted by Gasteiger charge is 2.12. The monoisotopic (exact) mass is 347 g/mol. The van der Waals surface area contributed by atoms with Crippen molar-refractivity contribution in [1.82, 2.24) is 5.32 Å². The molecule has 0 aliphatic rings. The Kier molecular flexibility index (Phi) is 5.62. The van der Waals surface area contributed by atoms with Gasteiger partial charge in [-0.1, -0.05) is 30.3 Å². The Morgan fingerprint density at radius 3 is 2.33 bits per heavy atom. The average molecular weight is 347 g/mol. The van der Waals surface area contributed by atoms with E-state index < -0.39 is 9.84 Å². The molecule has 0 aromatic heterocycles. The van der Waals surface area contributed by atoms with Crippen molar-refractivity contribution < 1.29 is 17.9 Å². The summed E-state index contributed by atoms with van der Waals surface area (Å²) in [6.07, 6.45) is 1.16. The highest BCUT2D eigenvalue weighted by molar-refractivity contribution is 7.90. The lowest BCUT2D eigenvalue weighted by molar-refractivity contribution is -0.123. The lowest BCUT2D eigenvalue weighted by Gasteiger charge is -2.15. The third-order valence-corrected chi connectivity index (χ3v) is 4.77. The Morgan fingerprint density at radius 1 is 1.12 bits per heavy atom. The molecule has 2 aromatic rings. The van der Waals surface area contributed by atoms with Gasteiger partial charge >= 0.3 is 0 Å². The van der Waals surface area contributed by atoms with Crippen molar-refractivity contribution in [2.45, 2.75) is 24.8 Å². The van der Waals surface area contributed by atoms with Crippen LogP contribution in [0.3, 0.4) is 0 Å². The van der Waals surface area contributed by atoms with E-state index in [0.29, 0.717) is 5.75 Å². The fourth-order valence-electron chi connectivity index (χ4n) is 2.23. The van der Waals surface area contributed by atoms with Gasteiger partial charge in [-0.05, 0) is 43.2 Å². The number of amides is 1. The Balaban J connectivity index is 1.93. The summed E-state index contributed by atoms with van der Waals surface area (Å²) in [6.45, 7) is 3.68. The minimum absolute atomic E-state index is 0.0728. The van der Waals surface area contributed by atoms with Gasteiger partial charge in [0.2, 0.25) is 0 Å². The molecule has 0 saturated heterocycles. The molecule has 0 unspecified atom stereocenters. The summed E-state index contributed by atoms with van der Waals surface area (Å²) in [5, 5.41) is 2.83. The van der Waals surface area contributed by atoms with Crippen LogP contribution in [-0.4, -0.2) is 27.2 Å². The maximum absolute atomic E-state index is 12.0. The molecule has 0 spiro atoms. The molecular weight excluding hydrogens is 326 g/mol. The predicted octanol–water partition coefficient (Wildman–Crippen LogP) is 2.65. The SMILES string of the molecule is Cc1ccccc1OCC(=O)N[C@H](C)c1ccc(S(C)(=O)=O)cc1. The minimum atomic E-state index is -3.22. The van der Waals surface area contributed by atoms with Crippen LogP contribution in [0.5, 0.6) is 5.75 Å². The number of hydrogen-bond donors (Lipinski definition) is 1. The van der Waals surface area contributed by atoms with E-state index in [1.807, 2.05) is 38.1 Å². The van der Waals surface area contributed by atoms with Gasteiger partial charge in [-0.15, -0.1) is 0 Å². The molecule has 0 saturated carbocycles. The van der Waals surface area contributed by atoms with Crippen molar-refractivity contribution in [3.8, 4) is 5.75 Å². The number of carbonyl (C=O) groups excluding carboxylic acids is 1. The zero-order valence-corrected chi connectivity index (χ0v) is 14.8. The van der Waals surface area contributed by atoms with E-state index in [9.17, 15) is 13.2 Å². The summed E-state index contributed by atoms with van der Waals surface area (Å²) in [5.74, 6) is 0.441. The Bertz CT molecular complexity index is 813. The van der Waals surface area contributed by atoms with Crippen molar-refractivity contribution >= 4 is 15.7 Å². The molecule has 0 radical (unpaired) electrons. The number of hydrogen-bond acceptors (Lipinski definition) is 4. The van der Waals surface area contributed by atoms with E-state index in [2.05, 4.69) is 5.32 Å². The summed E-state index contributed by atoms with van der Waals surface area (Å²) >= 11 is 0. The second-order valence-corrected chi connectivity index (χ2v) is 7.70. The second kappa shape index (κ2) is 7.49. The Labute approximate surface area is 142 Å². The fourth-order valence-corrected chi connectivity index (χ4v) is 2.86. The van der Waals surface area contributed by atoms with Gasteiger partial charge in [-0.25, -0.2) is 8.42 Å². The molecule has 0 aliphatic heterocycles. The molecule has 2 rings (SSSR count). The van der Waals surface area contributed by atoms with Crippen LogP contribution in [0.1, 0.15) is 24.1 Å². The van der Waals surface area contributed by atoms with E-state index in [-0.39, 0.29) is 23.5 Å². The quantitative estimate of drug-likeness (QED) is 0.872. The number of aryl methyl sites for hydroxylation is 1. The van der Waals surface area contributed by atoms with Crippen LogP contribution in [-0.2, 0) is 14.6 Å². The number of carbonyl (C=O) groups is 1. The largest absolute Gasteiger partial charge is 0.484 e. The summed E-state index contributed by atoms with van der Waals surface area (Å²) in [5.41, 5.74) is 1.79. The number of sulfone groups is 1. The van der Waals surface area contributed by atoms with E-state index in [0.717, 1.165) is 17.4 Å². The van der Waals surface area contributed by atoms with E-state index in [1.165, 1.54) is 12.1 Å². The normalized spacial score (nSPS) is 12.5. The van der Waals surface area contributed by atoms with Crippen LogP contribution in [0.25, 0.3) is 0 Å². The molecule has 6 heteroatoms.